The number of amides is 4. The number of hydrogen-bond donors (Lipinski definition) is 8. The van der Waals surface area contributed by atoms with Crippen molar-refractivity contribution in [3.63, 3.8) is 0 Å². The van der Waals surface area contributed by atoms with E-state index < -0.39 is 60.9 Å². The topological polar surface area (TPSA) is 234 Å². The molecule has 1 aromatic rings. The minimum Gasteiger partial charge on any atom is -0.508 e. The Hall–Kier alpha value is -3.71. The van der Waals surface area contributed by atoms with E-state index in [-0.39, 0.29) is 25.0 Å². The number of carboxylic acids is 1. The molecule has 3 unspecified atom stereocenters. The molecular formula is C19H27N5O8. The second-order valence-electron chi connectivity index (χ2n) is 6.90. The fourth-order valence-corrected chi connectivity index (χ4v) is 2.55. The zero-order chi connectivity index (χ0) is 24.3. The van der Waals surface area contributed by atoms with Crippen LogP contribution in [0.4, 0.5) is 0 Å². The average molecular weight is 453 g/mol. The number of carbonyl (C=O) groups excluding carboxylic acids is 4. The highest BCUT2D eigenvalue weighted by Gasteiger charge is 2.28. The molecule has 0 spiro atoms. The average Bonchev–Trinajstić information content (AvgIpc) is 2.74. The largest absolute Gasteiger partial charge is 0.508 e. The fourth-order valence-electron chi connectivity index (χ4n) is 2.55. The first-order chi connectivity index (χ1) is 15.0. The zero-order valence-electron chi connectivity index (χ0n) is 17.1. The van der Waals surface area contributed by atoms with Crippen molar-refractivity contribution in [3.05, 3.63) is 29.8 Å². The summed E-state index contributed by atoms with van der Waals surface area (Å²) in [6.45, 7) is -1.38. The molecule has 32 heavy (non-hydrogen) atoms. The summed E-state index contributed by atoms with van der Waals surface area (Å²) >= 11 is 0. The number of aliphatic hydroxyl groups is 1. The highest BCUT2D eigenvalue weighted by Crippen LogP contribution is 2.12. The van der Waals surface area contributed by atoms with E-state index in [0.29, 0.717) is 5.56 Å². The maximum absolute atomic E-state index is 12.9. The summed E-state index contributed by atoms with van der Waals surface area (Å²) in [6.07, 6.45) is -0.534. The molecule has 0 saturated carbocycles. The number of rotatable bonds is 13. The first-order valence-electron chi connectivity index (χ1n) is 9.56. The molecule has 0 aliphatic heterocycles. The van der Waals surface area contributed by atoms with Gasteiger partial charge in [0.1, 0.15) is 30.4 Å². The van der Waals surface area contributed by atoms with Crippen LogP contribution in [0.25, 0.3) is 0 Å². The second-order valence-corrected chi connectivity index (χ2v) is 6.90. The van der Waals surface area contributed by atoms with Crippen molar-refractivity contribution in [1.82, 2.24) is 16.0 Å². The van der Waals surface area contributed by atoms with Gasteiger partial charge in [-0.2, -0.15) is 0 Å². The van der Waals surface area contributed by atoms with Crippen LogP contribution < -0.4 is 27.4 Å². The summed E-state index contributed by atoms with van der Waals surface area (Å²) in [6, 6.07) is 1.93. The van der Waals surface area contributed by atoms with Crippen LogP contribution in [-0.4, -0.2) is 76.2 Å². The predicted molar refractivity (Wildman–Crippen MR) is 110 cm³/mol. The van der Waals surface area contributed by atoms with Gasteiger partial charge in [-0.25, -0.2) is 0 Å². The lowest BCUT2D eigenvalue weighted by atomic mass is 10.0. The second kappa shape index (κ2) is 12.9. The number of benzene rings is 1. The Morgan fingerprint density at radius 3 is 2.06 bits per heavy atom. The molecule has 10 N–H and O–H groups in total. The first-order valence-corrected chi connectivity index (χ1v) is 9.56. The number of aliphatic hydroxyl groups excluding tert-OH is 1. The van der Waals surface area contributed by atoms with Crippen molar-refractivity contribution in [2.75, 3.05) is 13.2 Å². The van der Waals surface area contributed by atoms with Gasteiger partial charge in [0.2, 0.25) is 23.6 Å². The van der Waals surface area contributed by atoms with E-state index in [2.05, 4.69) is 16.0 Å². The van der Waals surface area contributed by atoms with Crippen molar-refractivity contribution in [2.45, 2.75) is 37.4 Å². The Morgan fingerprint density at radius 1 is 0.938 bits per heavy atom. The molecule has 176 valence electrons. The van der Waals surface area contributed by atoms with Crippen LogP contribution in [0.5, 0.6) is 5.75 Å². The van der Waals surface area contributed by atoms with Gasteiger partial charge in [-0.3, -0.25) is 24.0 Å². The Morgan fingerprint density at radius 2 is 1.53 bits per heavy atom. The molecule has 0 aromatic heterocycles. The summed E-state index contributed by atoms with van der Waals surface area (Å²) < 4.78 is 0. The molecule has 0 fully saturated rings. The van der Waals surface area contributed by atoms with Crippen LogP contribution in [0.3, 0.4) is 0 Å². The first kappa shape index (κ1) is 26.3. The van der Waals surface area contributed by atoms with Crippen molar-refractivity contribution in [2.24, 2.45) is 11.5 Å². The molecule has 0 aliphatic carbocycles. The third-order valence-electron chi connectivity index (χ3n) is 4.27. The lowest BCUT2D eigenvalue weighted by molar-refractivity contribution is -0.138. The fraction of sp³-hybridized carbons (Fsp3) is 0.421. The lowest BCUT2D eigenvalue weighted by Gasteiger charge is -2.24. The maximum Gasteiger partial charge on any atom is 0.322 e. The standard InChI is InChI=1S/C19H27N5O8/c20-12(9-25)17(30)24-14(7-10-1-3-11(26)4-2-10)19(32)23-13(5-6-15(21)27)18(31)22-8-16(28)29/h1-4,12-14,25-26H,5-9,20H2,(H2,21,27)(H,22,31)(H,23,32)(H,24,30)(H,28,29). The van der Waals surface area contributed by atoms with Crippen molar-refractivity contribution in [3.8, 4) is 5.75 Å². The van der Waals surface area contributed by atoms with E-state index in [1.165, 1.54) is 24.3 Å². The predicted octanol–water partition coefficient (Wildman–Crippen LogP) is -3.31. The van der Waals surface area contributed by atoms with Crippen molar-refractivity contribution < 1.29 is 39.3 Å². The van der Waals surface area contributed by atoms with Gasteiger partial charge in [0, 0.05) is 12.8 Å². The maximum atomic E-state index is 12.9. The van der Waals surface area contributed by atoms with Crippen LogP contribution in [0, 0.1) is 0 Å². The Balaban J connectivity index is 3.03. The summed E-state index contributed by atoms with van der Waals surface area (Å²) in [4.78, 5) is 59.1. The summed E-state index contributed by atoms with van der Waals surface area (Å²) in [5.41, 5.74) is 11.1. The Kier molecular flexibility index (Phi) is 10.6. The highest BCUT2D eigenvalue weighted by atomic mass is 16.4. The molecule has 1 aromatic carbocycles. The van der Waals surface area contributed by atoms with Gasteiger partial charge in [0.05, 0.1) is 6.61 Å². The van der Waals surface area contributed by atoms with Gasteiger partial charge < -0.3 is 42.7 Å². The normalized spacial score (nSPS) is 13.3. The smallest absolute Gasteiger partial charge is 0.322 e. The molecule has 3 atom stereocenters. The summed E-state index contributed by atoms with van der Waals surface area (Å²) in [5.74, 6) is -4.56. The van der Waals surface area contributed by atoms with Gasteiger partial charge in [-0.05, 0) is 24.1 Å². The Labute approximate surface area is 183 Å². The number of primary amides is 1. The number of aliphatic carboxylic acids is 1. The number of nitrogens with one attached hydrogen (secondary N) is 3. The molecule has 0 bridgehead atoms. The summed E-state index contributed by atoms with van der Waals surface area (Å²) in [7, 11) is 0. The molecule has 0 radical (unpaired) electrons. The quantitative estimate of drug-likeness (QED) is 0.149. The van der Waals surface area contributed by atoms with E-state index >= 15 is 0 Å². The number of aromatic hydroxyl groups is 1. The van der Waals surface area contributed by atoms with E-state index in [9.17, 15) is 29.1 Å². The monoisotopic (exact) mass is 453 g/mol. The van der Waals surface area contributed by atoms with Crippen LogP contribution >= 0.6 is 0 Å². The van der Waals surface area contributed by atoms with Gasteiger partial charge in [0.25, 0.3) is 0 Å². The molecule has 4 amide bonds. The SMILES string of the molecule is NC(=O)CCC(NC(=O)C(Cc1ccc(O)cc1)NC(=O)C(N)CO)C(=O)NCC(=O)O. The number of hydrogen-bond acceptors (Lipinski definition) is 8. The molecular weight excluding hydrogens is 426 g/mol. The molecule has 0 saturated heterocycles. The van der Waals surface area contributed by atoms with E-state index in [1.54, 1.807) is 0 Å². The van der Waals surface area contributed by atoms with Gasteiger partial charge in [-0.1, -0.05) is 12.1 Å². The lowest BCUT2D eigenvalue weighted by Crippen LogP contribution is -2.57. The number of carbonyl (C=O) groups is 5. The van der Waals surface area contributed by atoms with Crippen molar-refractivity contribution >= 4 is 29.6 Å². The number of nitrogens with two attached hydrogens (primary N) is 2. The molecule has 0 aliphatic rings. The number of carboxylic acid groups (broad SMARTS) is 1. The summed E-state index contributed by atoms with van der Waals surface area (Å²) in [5, 5.41) is 34.0. The zero-order valence-corrected chi connectivity index (χ0v) is 17.1. The Bertz CT molecular complexity index is 830. The third kappa shape index (κ3) is 9.40. The molecule has 13 heteroatoms. The number of phenols is 1. The van der Waals surface area contributed by atoms with Gasteiger partial charge in [-0.15, -0.1) is 0 Å². The minimum atomic E-state index is -1.31. The van der Waals surface area contributed by atoms with E-state index in [4.69, 9.17) is 21.7 Å². The van der Waals surface area contributed by atoms with Gasteiger partial charge in [0.15, 0.2) is 0 Å². The minimum absolute atomic E-state index is 0.0114. The highest BCUT2D eigenvalue weighted by molar-refractivity contribution is 5.94. The van der Waals surface area contributed by atoms with Crippen LogP contribution in [0.1, 0.15) is 18.4 Å². The van der Waals surface area contributed by atoms with Crippen LogP contribution in [0.15, 0.2) is 24.3 Å². The van der Waals surface area contributed by atoms with E-state index in [1.807, 2.05) is 0 Å². The molecule has 13 nitrogen and oxygen atoms in total. The number of phenolic OH excluding ortho intramolecular Hbond substituents is 1. The van der Waals surface area contributed by atoms with Crippen molar-refractivity contribution in [1.29, 1.82) is 0 Å². The molecule has 0 heterocycles. The molecule has 1 rings (SSSR count). The van der Waals surface area contributed by atoms with Crippen LogP contribution in [0.2, 0.25) is 0 Å². The van der Waals surface area contributed by atoms with E-state index in [0.717, 1.165) is 0 Å². The van der Waals surface area contributed by atoms with Gasteiger partial charge >= 0.3 is 5.97 Å². The van der Waals surface area contributed by atoms with Crippen LogP contribution in [-0.2, 0) is 30.4 Å². The third-order valence-corrected chi connectivity index (χ3v) is 4.27.